The van der Waals surface area contributed by atoms with E-state index < -0.39 is 41.7 Å². The number of benzene rings is 12. The number of carbonyl (C=O) groups excluding carboxylic acids is 5. The van der Waals surface area contributed by atoms with Crippen LogP contribution in [0.4, 0.5) is 0 Å². The van der Waals surface area contributed by atoms with Gasteiger partial charge in [-0.05, 0) is 591 Å². The molecule has 0 spiro atoms. The van der Waals surface area contributed by atoms with Gasteiger partial charge in [-0.3, -0.25) is 33.6 Å². The van der Waals surface area contributed by atoms with E-state index in [1.807, 2.05) is 107 Å². The van der Waals surface area contributed by atoms with E-state index in [4.69, 9.17) is 33.2 Å². The highest BCUT2D eigenvalue weighted by Gasteiger charge is 2.30. The molecule has 0 fully saturated rings. The molecule has 12 aromatic rings. The topological polar surface area (TPSA) is 408 Å². The Morgan fingerprint density at radius 1 is 0.422 bits per heavy atom. The monoisotopic (exact) mass is 3520 g/mol. The van der Waals surface area contributed by atoms with Gasteiger partial charge in [0, 0.05) is 61.8 Å². The number of ether oxygens (including phenoxy) is 7. The number of hydrogen-bond donors (Lipinski definition) is 9. The number of aliphatic hydroxyl groups excluding tert-OH is 1. The van der Waals surface area contributed by atoms with E-state index in [1.165, 1.54) is 11.8 Å². The van der Waals surface area contributed by atoms with Crippen molar-refractivity contribution in [3.8, 4) is 103 Å². The Labute approximate surface area is 1030 Å². The van der Waals surface area contributed by atoms with Gasteiger partial charge in [0.25, 0.3) is 0 Å². The van der Waals surface area contributed by atoms with E-state index in [0.29, 0.717) is 112 Å². The second-order valence-electron chi connectivity index (χ2n) is 32.4. The van der Waals surface area contributed by atoms with Crippen LogP contribution >= 0.6 is 294 Å². The summed E-state index contributed by atoms with van der Waals surface area (Å²) in [4.78, 5) is 63.9. The summed E-state index contributed by atoms with van der Waals surface area (Å²) in [6.45, 7) is 6.98. The van der Waals surface area contributed by atoms with Gasteiger partial charge in [-0.25, -0.2) is 25.8 Å². The molecule has 0 saturated carbocycles. The standard InChI is InChI=1S/C21H22I2N2O5S.C18H18I2O3.C17H17I2NO4S.C16H15I2NO3.C16H14I2O3.C15H12I3NO5S/c1-12-10-24-13(2)21(12)31(28,29)25-15(11-26)7-14-8-18(22)20(19(23)9-14)30-17-5-3-16(27)4-6-17;1-3-13(21)5-4-12-10-16(19)18(17(20)11-12)23-15-8-6-14(22-2)7-9-15;1-25(2,23)20-16(22)8-3-11-9-14(18)17(15(19)10-11)24-13-6-4-12(21)5-7-13;1-19(2)15(21)9-10-7-13(17)16(14(18)8-10)22-12-5-3-11(20)4-6-12;1-10(19)2-3-11-4-9-14(17)16(15(11)18)21-13-7-5-12(20)6-8-13;1-25(22,23)19-14(21)6-8-4-11(17)15(12(18)5-8)24-9-2-3-13(20)10(16)7-9/h3-6,8-9,15,25-27H,7,10-11H2,1-2H3;6-11H,3-5H2,1-2H3;4-7,9-10,21H,1,3,8H2,2H3,(H,20,22,23);3-8,20H,9H2,1-2H3;4-9,20H,2-3H2,1H3;2-5,7,20H,6H2,1H3,(H,19,21)/t15-;;;;;/m0...../s1. The number of ketones is 2. The highest BCUT2D eigenvalue weighted by molar-refractivity contribution is 14.1. The maximum absolute atomic E-state index is 12.8. The van der Waals surface area contributed by atoms with Crippen molar-refractivity contribution >= 4 is 364 Å². The number of Topliss-reactive ketones (excluding diaryl/α,β-unsaturated/α-hetero) is 2. The third-order valence-electron chi connectivity index (χ3n) is 19.9. The number of halogens is 13. The second kappa shape index (κ2) is 61.3. The molecule has 782 valence electrons. The summed E-state index contributed by atoms with van der Waals surface area (Å²) in [6, 6.07) is 61.4. The smallest absolute Gasteiger partial charge is 0.242 e. The molecule has 0 radical (unpaired) electrons. The van der Waals surface area contributed by atoms with Gasteiger partial charge in [0.05, 0.1) is 91.5 Å². The molecule has 3 amide bonds. The van der Waals surface area contributed by atoms with E-state index in [0.717, 1.165) is 119 Å². The number of methoxy groups -OCH3 is 1. The van der Waals surface area contributed by atoms with Gasteiger partial charge in [0.15, 0.2) is 34.5 Å². The number of carbonyl (C=O) groups is 5. The fraction of sp³-hybridized carbons (Fsp3) is 0.214. The van der Waals surface area contributed by atoms with Crippen molar-refractivity contribution in [1.82, 2.24) is 19.1 Å². The van der Waals surface area contributed by atoms with Crippen molar-refractivity contribution in [2.75, 3.05) is 46.9 Å². The number of likely N-dealkylation sites (N-methyl/N-ethyl adjacent to an activating group) is 1. The Hall–Kier alpha value is -5.27. The van der Waals surface area contributed by atoms with E-state index in [1.54, 1.807) is 174 Å². The molecule has 1 heterocycles. The number of sulfonamides is 2. The predicted molar refractivity (Wildman–Crippen MR) is 685 cm³/mol. The minimum atomic E-state index is -3.77. The lowest BCUT2D eigenvalue weighted by Gasteiger charge is -2.19. The van der Waals surface area contributed by atoms with Crippen molar-refractivity contribution in [3.63, 3.8) is 0 Å². The van der Waals surface area contributed by atoms with Gasteiger partial charge in [-0.1, -0.05) is 13.0 Å². The van der Waals surface area contributed by atoms with Crippen LogP contribution in [-0.2, 0) is 92.3 Å². The quantitative estimate of drug-likeness (QED) is 0.0132. The molecular weight excluding hydrogens is 3420 g/mol. The average Bonchev–Trinajstić information content (AvgIpc) is 1.72. The Balaban J connectivity index is 0.000000216. The van der Waals surface area contributed by atoms with Gasteiger partial charge in [-0.15, -0.1) is 0 Å². The molecule has 147 heavy (non-hydrogen) atoms. The van der Waals surface area contributed by atoms with Crippen molar-refractivity contribution in [3.05, 3.63) is 303 Å². The first-order valence-corrected chi connectivity index (χ1v) is 63.1. The van der Waals surface area contributed by atoms with E-state index in [2.05, 4.69) is 304 Å². The maximum Gasteiger partial charge on any atom is 0.242 e. The summed E-state index contributed by atoms with van der Waals surface area (Å²) in [6.07, 6.45) is 7.00. The zero-order valence-corrected chi connectivity index (χ0v) is 110. The number of nitrogens with one attached hydrogen (secondary N) is 3. The van der Waals surface area contributed by atoms with Crippen LogP contribution in [0.3, 0.4) is 0 Å². The molecule has 9 N–H and O–H groups in total. The van der Waals surface area contributed by atoms with Crippen LogP contribution in [0.5, 0.6) is 103 Å². The zero-order chi connectivity index (χ0) is 109. The maximum atomic E-state index is 12.8. The molecule has 44 heteroatoms. The Morgan fingerprint density at radius 3 is 1.12 bits per heavy atom. The van der Waals surface area contributed by atoms with Crippen LogP contribution < -0.4 is 47.3 Å². The van der Waals surface area contributed by atoms with Gasteiger partial charge in [-0.2, -0.15) is 0 Å². The fourth-order valence-electron chi connectivity index (χ4n) is 12.9. The normalized spacial score (nSPS) is 12.0. The van der Waals surface area contributed by atoms with Crippen LogP contribution in [0.25, 0.3) is 0 Å². The summed E-state index contributed by atoms with van der Waals surface area (Å²) >= 11 is 28.4. The fourth-order valence-corrected chi connectivity index (χ4v) is 28.6. The van der Waals surface area contributed by atoms with E-state index in [9.17, 15) is 75.7 Å². The molecule has 28 nitrogen and oxygen atoms in total. The SMILES string of the molecule is C=S(C)(=O)NC(=O)CCc1cc(I)c(Oc2ccc(O)cc2)c(I)c1.CC(=O)CCc1ccc(I)c(Oc2ccc(O)cc2)c1I.CC1=NCC(C)=C1S(=O)(=O)N[C@H](CO)Cc1cc(I)c(Oc2ccc(O)cc2)c(I)c1.CCC(=O)CCc1cc(I)c(Oc2ccc(OC)cc2)c(I)c1.CN(C)C(=O)Cc1cc(I)c(Oc2ccc(O)cc2)c(I)c1.CS(=O)(=O)NC(=O)Cc1cc(I)c(Oc2ccc(O)c(I)c2)c(I)c1. The molecule has 0 aliphatic carbocycles. The highest BCUT2D eigenvalue weighted by atomic mass is 127. The van der Waals surface area contributed by atoms with Crippen LogP contribution in [0.1, 0.15) is 86.8 Å². The van der Waals surface area contributed by atoms with Crippen molar-refractivity contribution < 1.29 is 109 Å². The van der Waals surface area contributed by atoms with Crippen LogP contribution in [0, 0.1) is 46.4 Å². The van der Waals surface area contributed by atoms with Crippen molar-refractivity contribution in [1.29, 1.82) is 0 Å². The summed E-state index contributed by atoms with van der Waals surface area (Å²) in [5.41, 5.74) is 6.98. The van der Waals surface area contributed by atoms with Crippen molar-refractivity contribution in [2.24, 2.45) is 4.99 Å². The highest BCUT2D eigenvalue weighted by Crippen LogP contribution is 2.42. The number of aliphatic hydroxyl groups is 1. The number of amides is 3. The number of aromatic hydroxyl groups is 5. The molecule has 12 aromatic carbocycles. The first kappa shape index (κ1) is 127. The number of phenolic OH excluding ortho intramolecular Hbond substituents is 5. The third-order valence-corrected chi connectivity index (χ3v) is 33.9. The lowest BCUT2D eigenvalue weighted by Crippen LogP contribution is -2.40. The van der Waals surface area contributed by atoms with E-state index in [-0.39, 0.29) is 70.7 Å². The Bertz CT molecular complexity index is 7030. The first-order valence-electron chi connectivity index (χ1n) is 43.6. The molecule has 0 bridgehead atoms. The second-order valence-corrected chi connectivity index (χ2v) is 53.1. The molecule has 1 aliphatic rings. The molecular formula is C103H98I13N5O23S3. The lowest BCUT2D eigenvalue weighted by molar-refractivity contribution is -0.128. The number of phenols is 5. The summed E-state index contributed by atoms with van der Waals surface area (Å²) in [7, 11) is -4.73. The molecule has 13 rings (SSSR count). The van der Waals surface area contributed by atoms with Gasteiger partial charge < -0.3 is 73.5 Å². The van der Waals surface area contributed by atoms with Gasteiger partial charge in [0.2, 0.25) is 37.8 Å². The van der Waals surface area contributed by atoms with Gasteiger partial charge >= 0.3 is 0 Å². The van der Waals surface area contributed by atoms with E-state index >= 15 is 0 Å². The number of allylic oxidation sites excluding steroid dienone is 1. The minimum Gasteiger partial charge on any atom is -0.508 e. The number of nitrogens with zero attached hydrogens (tertiary/aromatic N) is 2. The summed E-state index contributed by atoms with van der Waals surface area (Å²) < 4.78 is 119. The number of hydrogen-bond acceptors (Lipinski definition) is 24. The first-order chi connectivity index (χ1) is 69.1. The van der Waals surface area contributed by atoms with Crippen LogP contribution in [0.15, 0.2) is 228 Å². The summed E-state index contributed by atoms with van der Waals surface area (Å²) in [5, 5.41) is 56.7. The summed E-state index contributed by atoms with van der Waals surface area (Å²) in [5.74, 6) is 13.2. The molecule has 1 aliphatic heterocycles. The minimum absolute atomic E-state index is 0.0452. The lowest BCUT2D eigenvalue weighted by atomic mass is 10.1. The zero-order valence-electron chi connectivity index (χ0n) is 79.6. The largest absolute Gasteiger partial charge is 0.508 e. The van der Waals surface area contributed by atoms with Crippen molar-refractivity contribution in [2.45, 2.75) is 97.9 Å². The molecule has 2 atom stereocenters. The molecule has 0 saturated heterocycles. The predicted octanol–water partition coefficient (Wildman–Crippen LogP) is 25.8. The Morgan fingerprint density at radius 2 is 0.776 bits per heavy atom. The number of aliphatic imine (C=N–C) groups is 1. The van der Waals surface area contributed by atoms with Crippen LogP contribution in [-0.4, -0.2) is 150 Å². The number of rotatable bonds is 35. The Kier molecular flexibility index (Phi) is 52.9. The van der Waals surface area contributed by atoms with Gasteiger partial charge in [0.1, 0.15) is 85.5 Å². The number of aryl methyl sites for hydroxylation is 3. The molecule has 1 unspecified atom stereocenters. The van der Waals surface area contributed by atoms with Crippen LogP contribution in [0.2, 0.25) is 0 Å². The average molecular weight is 3520 g/mol. The molecule has 0 aromatic heterocycles. The third kappa shape index (κ3) is 43.4.